The highest BCUT2D eigenvalue weighted by molar-refractivity contribution is 6.30. The molecule has 2 aromatic rings. The van der Waals surface area contributed by atoms with Crippen LogP contribution in [-0.4, -0.2) is 23.7 Å². The molecular weight excluding hydrogens is 302 g/mol. The summed E-state index contributed by atoms with van der Waals surface area (Å²) in [4.78, 5) is 12.0. The monoisotopic (exact) mass is 317 g/mol. The van der Waals surface area contributed by atoms with E-state index in [4.69, 9.17) is 16.3 Å². The van der Waals surface area contributed by atoms with Crippen molar-refractivity contribution in [1.29, 1.82) is 0 Å². The number of benzene rings is 2. The topological polar surface area (TPSA) is 58.6 Å². The molecule has 1 aliphatic carbocycles. The number of carbonyl (C=O) groups is 1. The van der Waals surface area contributed by atoms with Gasteiger partial charge in [-0.25, -0.2) is 0 Å². The first-order valence-corrected chi connectivity index (χ1v) is 7.45. The van der Waals surface area contributed by atoms with Gasteiger partial charge in [0.15, 0.2) is 6.61 Å². The summed E-state index contributed by atoms with van der Waals surface area (Å²) < 4.78 is 5.40. The van der Waals surface area contributed by atoms with Gasteiger partial charge in [-0.05, 0) is 35.4 Å². The third kappa shape index (κ3) is 3.24. The minimum atomic E-state index is -0.600. The van der Waals surface area contributed by atoms with Gasteiger partial charge in [0, 0.05) is 11.4 Å². The van der Waals surface area contributed by atoms with E-state index >= 15 is 0 Å². The van der Waals surface area contributed by atoms with Crippen LogP contribution in [-0.2, 0) is 11.2 Å². The Labute approximate surface area is 133 Å². The fourth-order valence-electron chi connectivity index (χ4n) is 2.64. The van der Waals surface area contributed by atoms with Crippen molar-refractivity contribution >= 4 is 17.5 Å². The molecule has 0 fully saturated rings. The van der Waals surface area contributed by atoms with E-state index in [1.165, 1.54) is 0 Å². The number of aliphatic hydroxyl groups is 1. The minimum absolute atomic E-state index is 0.104. The Kier molecular flexibility index (Phi) is 4.32. The van der Waals surface area contributed by atoms with Crippen LogP contribution in [0.1, 0.15) is 17.2 Å². The third-order valence-electron chi connectivity index (χ3n) is 3.70. The number of carbonyl (C=O) groups excluding carboxylic acids is 1. The first-order chi connectivity index (χ1) is 10.6. The first kappa shape index (κ1) is 14.9. The van der Waals surface area contributed by atoms with Gasteiger partial charge in [0.25, 0.3) is 5.91 Å². The number of fused-ring (bicyclic) bond motifs is 1. The SMILES string of the molecule is O=C(COc1ccc(Cl)cc1)N[C@H]1c2ccccc2C[C@H]1O. The van der Waals surface area contributed by atoms with Gasteiger partial charge in [-0.3, -0.25) is 4.79 Å². The molecule has 2 atom stereocenters. The van der Waals surface area contributed by atoms with Gasteiger partial charge in [0.1, 0.15) is 5.75 Å². The number of aliphatic hydroxyl groups excluding tert-OH is 1. The summed E-state index contributed by atoms with van der Waals surface area (Å²) in [6.07, 6.45) is -0.0454. The van der Waals surface area contributed by atoms with Crippen molar-refractivity contribution in [2.24, 2.45) is 0 Å². The van der Waals surface area contributed by atoms with Crippen LogP contribution in [0, 0.1) is 0 Å². The number of ether oxygens (including phenoxy) is 1. The molecule has 0 saturated carbocycles. The maximum atomic E-state index is 12.0. The predicted octanol–water partition coefficient (Wildman–Crippen LogP) is 2.49. The van der Waals surface area contributed by atoms with Gasteiger partial charge in [0.2, 0.25) is 0 Å². The summed E-state index contributed by atoms with van der Waals surface area (Å²) in [6.45, 7) is -0.104. The lowest BCUT2D eigenvalue weighted by Gasteiger charge is -2.18. The van der Waals surface area contributed by atoms with E-state index in [-0.39, 0.29) is 18.6 Å². The van der Waals surface area contributed by atoms with Crippen LogP contribution >= 0.6 is 11.6 Å². The van der Waals surface area contributed by atoms with Crippen molar-refractivity contribution < 1.29 is 14.6 Å². The molecule has 1 aliphatic rings. The van der Waals surface area contributed by atoms with E-state index in [9.17, 15) is 9.90 Å². The van der Waals surface area contributed by atoms with Crippen LogP contribution in [0.25, 0.3) is 0 Å². The van der Waals surface area contributed by atoms with Crippen LogP contribution in [0.5, 0.6) is 5.75 Å². The lowest BCUT2D eigenvalue weighted by molar-refractivity contribution is -0.124. The minimum Gasteiger partial charge on any atom is -0.484 e. The average Bonchev–Trinajstić information content (AvgIpc) is 2.83. The zero-order valence-corrected chi connectivity index (χ0v) is 12.6. The average molecular weight is 318 g/mol. The first-order valence-electron chi connectivity index (χ1n) is 7.07. The summed E-state index contributed by atoms with van der Waals surface area (Å²) in [5, 5.41) is 13.5. The summed E-state index contributed by atoms with van der Waals surface area (Å²) in [5.41, 5.74) is 2.04. The molecule has 22 heavy (non-hydrogen) atoms. The van der Waals surface area contributed by atoms with Gasteiger partial charge < -0.3 is 15.2 Å². The molecule has 0 aromatic heterocycles. The molecule has 0 heterocycles. The lowest BCUT2D eigenvalue weighted by atomic mass is 10.1. The molecule has 5 heteroatoms. The summed E-state index contributed by atoms with van der Waals surface area (Å²) in [5.74, 6) is 0.308. The maximum Gasteiger partial charge on any atom is 0.258 e. The van der Waals surface area contributed by atoms with Crippen molar-refractivity contribution in [3.63, 3.8) is 0 Å². The highest BCUT2D eigenvalue weighted by atomic mass is 35.5. The predicted molar refractivity (Wildman–Crippen MR) is 84.0 cm³/mol. The molecule has 4 nitrogen and oxygen atoms in total. The van der Waals surface area contributed by atoms with E-state index in [0.29, 0.717) is 17.2 Å². The van der Waals surface area contributed by atoms with Crippen LogP contribution in [0.3, 0.4) is 0 Å². The molecule has 1 amide bonds. The van der Waals surface area contributed by atoms with Crippen molar-refractivity contribution in [2.75, 3.05) is 6.61 Å². The molecule has 0 spiro atoms. The molecule has 0 saturated heterocycles. The number of rotatable bonds is 4. The van der Waals surface area contributed by atoms with E-state index in [1.807, 2.05) is 24.3 Å². The smallest absolute Gasteiger partial charge is 0.258 e. The molecule has 2 N–H and O–H groups in total. The second kappa shape index (κ2) is 6.38. The fraction of sp³-hybridized carbons (Fsp3) is 0.235. The molecule has 0 aliphatic heterocycles. The lowest BCUT2D eigenvalue weighted by Crippen LogP contribution is -2.36. The molecule has 2 aromatic carbocycles. The number of hydrogen-bond donors (Lipinski definition) is 2. The number of halogens is 1. The molecule has 0 bridgehead atoms. The van der Waals surface area contributed by atoms with Crippen molar-refractivity contribution in [2.45, 2.75) is 18.6 Å². The van der Waals surface area contributed by atoms with Gasteiger partial charge >= 0.3 is 0 Å². The van der Waals surface area contributed by atoms with Crippen molar-refractivity contribution in [3.8, 4) is 5.75 Å². The van der Waals surface area contributed by atoms with E-state index in [0.717, 1.165) is 11.1 Å². The van der Waals surface area contributed by atoms with Gasteiger partial charge in [-0.1, -0.05) is 35.9 Å². The largest absolute Gasteiger partial charge is 0.484 e. The van der Waals surface area contributed by atoms with E-state index in [1.54, 1.807) is 24.3 Å². The number of nitrogens with one attached hydrogen (secondary N) is 1. The Morgan fingerprint density at radius 1 is 1.23 bits per heavy atom. The second-order valence-corrected chi connectivity index (χ2v) is 5.69. The van der Waals surface area contributed by atoms with Crippen LogP contribution < -0.4 is 10.1 Å². The van der Waals surface area contributed by atoms with Crippen LogP contribution in [0.2, 0.25) is 5.02 Å². The van der Waals surface area contributed by atoms with Crippen molar-refractivity contribution in [3.05, 3.63) is 64.7 Å². The van der Waals surface area contributed by atoms with Crippen molar-refractivity contribution in [1.82, 2.24) is 5.32 Å². The third-order valence-corrected chi connectivity index (χ3v) is 3.96. The Morgan fingerprint density at radius 3 is 2.73 bits per heavy atom. The van der Waals surface area contributed by atoms with E-state index in [2.05, 4.69) is 5.32 Å². The summed E-state index contributed by atoms with van der Waals surface area (Å²) >= 11 is 5.79. The van der Waals surface area contributed by atoms with Gasteiger partial charge in [-0.15, -0.1) is 0 Å². The molecule has 0 unspecified atom stereocenters. The zero-order valence-electron chi connectivity index (χ0n) is 11.8. The molecule has 114 valence electrons. The zero-order chi connectivity index (χ0) is 15.5. The standard InChI is InChI=1S/C17H16ClNO3/c18-12-5-7-13(8-6-12)22-10-16(21)19-17-14-4-2-1-3-11(14)9-15(17)20/h1-8,15,17,20H,9-10H2,(H,19,21)/t15-,17+/m1/s1. The van der Waals surface area contributed by atoms with Gasteiger partial charge in [0.05, 0.1) is 12.1 Å². The second-order valence-electron chi connectivity index (χ2n) is 5.26. The Morgan fingerprint density at radius 2 is 1.95 bits per heavy atom. The van der Waals surface area contributed by atoms with Gasteiger partial charge in [-0.2, -0.15) is 0 Å². The Balaban J connectivity index is 1.59. The highest BCUT2D eigenvalue weighted by Gasteiger charge is 2.31. The fourth-order valence-corrected chi connectivity index (χ4v) is 2.77. The van der Waals surface area contributed by atoms with Crippen LogP contribution in [0.4, 0.5) is 0 Å². The molecule has 3 rings (SSSR count). The Hall–Kier alpha value is -2.04. The number of amides is 1. The maximum absolute atomic E-state index is 12.0. The Bertz CT molecular complexity index is 672. The number of hydrogen-bond acceptors (Lipinski definition) is 3. The summed E-state index contributed by atoms with van der Waals surface area (Å²) in [7, 11) is 0. The summed E-state index contributed by atoms with van der Waals surface area (Å²) in [6, 6.07) is 14.2. The highest BCUT2D eigenvalue weighted by Crippen LogP contribution is 2.31. The molecular formula is C17H16ClNO3. The quantitative estimate of drug-likeness (QED) is 0.911. The normalized spacial score (nSPS) is 19.5. The van der Waals surface area contributed by atoms with Crippen LogP contribution in [0.15, 0.2) is 48.5 Å². The molecule has 0 radical (unpaired) electrons. The van der Waals surface area contributed by atoms with E-state index < -0.39 is 6.10 Å².